The minimum absolute atomic E-state index is 0.0741. The molecule has 2 aromatic carbocycles. The number of halogens is 2. The lowest BCUT2D eigenvalue weighted by atomic mass is 10.1. The highest BCUT2D eigenvalue weighted by Crippen LogP contribution is 2.33. The Labute approximate surface area is 210 Å². The van der Waals surface area contributed by atoms with E-state index in [1.165, 1.54) is 36.7 Å². The van der Waals surface area contributed by atoms with Crippen molar-refractivity contribution in [1.82, 2.24) is 9.29 Å². The van der Waals surface area contributed by atoms with Crippen molar-refractivity contribution in [3.8, 4) is 11.5 Å². The number of thiazole rings is 1. The van der Waals surface area contributed by atoms with Crippen molar-refractivity contribution in [3.05, 3.63) is 58.5 Å². The Hall–Kier alpha value is -3.29. The molecule has 36 heavy (non-hydrogen) atoms. The van der Waals surface area contributed by atoms with Gasteiger partial charge < -0.3 is 20.5 Å². The van der Waals surface area contributed by atoms with Crippen molar-refractivity contribution in [2.45, 2.75) is 23.8 Å². The van der Waals surface area contributed by atoms with Gasteiger partial charge in [-0.05, 0) is 37.1 Å². The number of nitrogens with zero attached hydrogens (tertiary/aromatic N) is 2. The highest BCUT2D eigenvalue weighted by molar-refractivity contribution is 7.89. The number of nitrogen functional groups attached to an aromatic ring is 1. The molecule has 0 amide bonds. The molecule has 13 heteroatoms. The van der Waals surface area contributed by atoms with Crippen LogP contribution < -0.4 is 20.5 Å². The van der Waals surface area contributed by atoms with Gasteiger partial charge in [0.05, 0.1) is 24.7 Å². The van der Waals surface area contributed by atoms with Gasteiger partial charge in [0.25, 0.3) is 0 Å². The Morgan fingerprint density at radius 3 is 2.36 bits per heavy atom. The summed E-state index contributed by atoms with van der Waals surface area (Å²) in [5.41, 5.74) is 5.17. The zero-order valence-electron chi connectivity index (χ0n) is 19.5. The van der Waals surface area contributed by atoms with Crippen molar-refractivity contribution in [1.29, 1.82) is 0 Å². The summed E-state index contributed by atoms with van der Waals surface area (Å²) in [5.74, 6) is -2.24. The number of carbonyl (C=O) groups excluding carboxylic acids is 1. The molecular weight excluding hydrogens is 514 g/mol. The number of aromatic nitrogens is 1. The van der Waals surface area contributed by atoms with E-state index in [1.54, 1.807) is 6.07 Å². The lowest BCUT2D eigenvalue weighted by molar-refractivity contribution is 0.103. The van der Waals surface area contributed by atoms with Crippen LogP contribution >= 0.6 is 11.3 Å². The van der Waals surface area contributed by atoms with E-state index in [0.29, 0.717) is 29.5 Å². The van der Waals surface area contributed by atoms with Crippen LogP contribution in [0.15, 0.2) is 41.3 Å². The zero-order valence-corrected chi connectivity index (χ0v) is 21.1. The van der Waals surface area contributed by atoms with E-state index in [-0.39, 0.29) is 34.7 Å². The molecule has 3 N–H and O–H groups in total. The second-order valence-corrected chi connectivity index (χ2v) is 10.9. The van der Waals surface area contributed by atoms with E-state index in [2.05, 4.69) is 10.3 Å². The van der Waals surface area contributed by atoms with Gasteiger partial charge in [-0.1, -0.05) is 17.4 Å². The van der Waals surface area contributed by atoms with Gasteiger partial charge in [0.2, 0.25) is 15.8 Å². The third-order valence-corrected chi connectivity index (χ3v) is 8.72. The Balaban J connectivity index is 1.43. The zero-order chi connectivity index (χ0) is 26.0. The van der Waals surface area contributed by atoms with Crippen molar-refractivity contribution in [2.75, 3.05) is 38.4 Å². The molecule has 1 saturated heterocycles. The summed E-state index contributed by atoms with van der Waals surface area (Å²) >= 11 is 0.897. The maximum Gasteiger partial charge on any atom is 0.243 e. The van der Waals surface area contributed by atoms with E-state index in [9.17, 15) is 22.0 Å². The van der Waals surface area contributed by atoms with E-state index < -0.39 is 33.0 Å². The second-order valence-electron chi connectivity index (χ2n) is 8.00. The normalized spacial score (nSPS) is 15.0. The Bertz CT molecular complexity index is 1370. The van der Waals surface area contributed by atoms with Gasteiger partial charge >= 0.3 is 0 Å². The van der Waals surface area contributed by atoms with Crippen LogP contribution in [0.25, 0.3) is 0 Å². The third kappa shape index (κ3) is 4.99. The molecule has 9 nitrogen and oxygen atoms in total. The summed E-state index contributed by atoms with van der Waals surface area (Å²) < 4.78 is 66.1. The lowest BCUT2D eigenvalue weighted by Crippen LogP contribution is -2.42. The van der Waals surface area contributed by atoms with Crippen molar-refractivity contribution in [3.63, 3.8) is 0 Å². The van der Waals surface area contributed by atoms with Gasteiger partial charge in [0.15, 0.2) is 16.6 Å². The maximum atomic E-state index is 14.0. The summed E-state index contributed by atoms with van der Waals surface area (Å²) in [5, 5.41) is 3.47. The molecule has 0 radical (unpaired) electrons. The number of benzene rings is 2. The van der Waals surface area contributed by atoms with Gasteiger partial charge in [-0.3, -0.25) is 4.79 Å². The van der Waals surface area contributed by atoms with Gasteiger partial charge in [-0.25, -0.2) is 22.2 Å². The highest BCUT2D eigenvalue weighted by Gasteiger charge is 2.31. The average molecular weight is 539 g/mol. The number of ether oxygens (including phenoxy) is 2. The minimum atomic E-state index is -3.75. The van der Waals surface area contributed by atoms with Gasteiger partial charge in [0, 0.05) is 25.2 Å². The molecule has 3 aromatic rings. The Kier molecular flexibility index (Phi) is 7.43. The van der Waals surface area contributed by atoms with Crippen LogP contribution in [0, 0.1) is 11.6 Å². The van der Waals surface area contributed by atoms with E-state index in [4.69, 9.17) is 15.2 Å². The molecule has 1 aromatic heterocycles. The number of sulfonamides is 1. The molecular formula is C23H24F2N4O5S2. The van der Waals surface area contributed by atoms with Crippen molar-refractivity contribution >= 4 is 38.1 Å². The first-order chi connectivity index (χ1) is 17.1. The first-order valence-corrected chi connectivity index (χ1v) is 13.1. The first-order valence-electron chi connectivity index (χ1n) is 10.9. The summed E-state index contributed by atoms with van der Waals surface area (Å²) in [6, 6.07) is 7.46. The molecule has 1 aliphatic heterocycles. The molecule has 0 atom stereocenters. The number of anilines is 2. The minimum Gasteiger partial charge on any atom is -0.493 e. The SMILES string of the molecule is COc1ccc(S(=O)(=O)N2CCC(Nc3nc(N)c(C(=O)c4c(F)cccc4F)s3)CC2)cc1OC. The third-order valence-electron chi connectivity index (χ3n) is 5.82. The van der Waals surface area contributed by atoms with Crippen molar-refractivity contribution in [2.24, 2.45) is 0 Å². The predicted octanol–water partition coefficient (Wildman–Crippen LogP) is 3.52. The number of nitrogens with two attached hydrogens (primary N) is 1. The lowest BCUT2D eigenvalue weighted by Gasteiger charge is -2.31. The number of methoxy groups -OCH3 is 2. The fourth-order valence-corrected chi connectivity index (χ4v) is 6.32. The molecule has 0 saturated carbocycles. The second kappa shape index (κ2) is 10.4. The molecule has 4 rings (SSSR count). The van der Waals surface area contributed by atoms with Crippen molar-refractivity contribution < 1.29 is 31.5 Å². The molecule has 192 valence electrons. The number of hydrogen-bond donors (Lipinski definition) is 2. The quantitative estimate of drug-likeness (QED) is 0.418. The van der Waals surface area contributed by atoms with Crippen LogP contribution in [-0.2, 0) is 10.0 Å². The Morgan fingerprint density at radius 1 is 1.11 bits per heavy atom. The summed E-state index contributed by atoms with van der Waals surface area (Å²) in [7, 11) is -0.845. The molecule has 0 spiro atoms. The fraction of sp³-hybridized carbons (Fsp3) is 0.304. The first kappa shape index (κ1) is 25.8. The van der Waals surface area contributed by atoms with Gasteiger partial charge in [-0.2, -0.15) is 4.31 Å². The number of piperidine rings is 1. The molecule has 0 aliphatic carbocycles. The standard InChI is InChI=1S/C23H24F2N4O5S2/c1-33-17-7-6-14(12-18(17)34-2)36(31,32)29-10-8-13(9-11-29)27-23-28-22(26)21(35-23)20(30)19-15(24)4-3-5-16(19)25/h3-7,12-13H,8-11,26H2,1-2H3,(H,27,28). The number of hydrogen-bond acceptors (Lipinski definition) is 9. The van der Waals surface area contributed by atoms with Crippen LogP contribution in [0.4, 0.5) is 19.7 Å². The largest absolute Gasteiger partial charge is 0.493 e. The summed E-state index contributed by atoms with van der Waals surface area (Å²) in [6.07, 6.45) is 0.939. The van der Waals surface area contributed by atoms with E-state index >= 15 is 0 Å². The summed E-state index contributed by atoms with van der Waals surface area (Å²) in [6.45, 7) is 0.503. The molecule has 1 aliphatic rings. The smallest absolute Gasteiger partial charge is 0.243 e. The number of nitrogens with one attached hydrogen (secondary N) is 1. The molecule has 0 unspecified atom stereocenters. The Morgan fingerprint density at radius 2 is 1.75 bits per heavy atom. The van der Waals surface area contributed by atoms with Crippen LogP contribution in [0.2, 0.25) is 0 Å². The molecule has 1 fully saturated rings. The number of rotatable bonds is 8. The van der Waals surface area contributed by atoms with Gasteiger partial charge in [0.1, 0.15) is 22.3 Å². The molecule has 0 bridgehead atoms. The topological polar surface area (TPSA) is 124 Å². The van der Waals surface area contributed by atoms with Gasteiger partial charge in [-0.15, -0.1) is 0 Å². The van der Waals surface area contributed by atoms with E-state index in [1.807, 2.05) is 0 Å². The van der Waals surface area contributed by atoms with Crippen LogP contribution in [0.1, 0.15) is 28.1 Å². The highest BCUT2D eigenvalue weighted by atomic mass is 32.2. The number of ketones is 1. The van der Waals surface area contributed by atoms with E-state index in [0.717, 1.165) is 23.5 Å². The predicted molar refractivity (Wildman–Crippen MR) is 131 cm³/mol. The fourth-order valence-electron chi connectivity index (χ4n) is 3.93. The maximum absolute atomic E-state index is 14.0. The monoisotopic (exact) mass is 538 g/mol. The van der Waals surface area contributed by atoms with Crippen LogP contribution in [0.5, 0.6) is 11.5 Å². The van der Waals surface area contributed by atoms with Crippen LogP contribution in [-0.4, -0.2) is 56.8 Å². The number of carbonyl (C=O) groups is 1. The molecule has 2 heterocycles. The summed E-state index contributed by atoms with van der Waals surface area (Å²) in [4.78, 5) is 16.8. The average Bonchev–Trinajstić information content (AvgIpc) is 3.23. The van der Waals surface area contributed by atoms with Crippen LogP contribution in [0.3, 0.4) is 0 Å².